The van der Waals surface area contributed by atoms with Gasteiger partial charge in [-0.3, -0.25) is 24.3 Å². The number of aromatic nitrogens is 2. The van der Waals surface area contributed by atoms with Crippen molar-refractivity contribution in [2.45, 2.75) is 50.3 Å². The van der Waals surface area contributed by atoms with Crippen molar-refractivity contribution in [3.8, 4) is 22.5 Å². The van der Waals surface area contributed by atoms with Gasteiger partial charge >= 0.3 is 0 Å². The second-order valence-electron chi connectivity index (χ2n) is 13.2. The first-order valence-electron chi connectivity index (χ1n) is 17.6. The summed E-state index contributed by atoms with van der Waals surface area (Å²) < 4.78 is 0. The fraction of sp³-hybridized carbons (Fsp3) is 0.244. The second kappa shape index (κ2) is 15.4. The highest BCUT2D eigenvalue weighted by Gasteiger charge is 2.37. The number of H-pyrrole nitrogens is 1. The lowest BCUT2D eigenvalue weighted by atomic mass is 10.1. The molecule has 1 aromatic heterocycles. The van der Waals surface area contributed by atoms with Gasteiger partial charge in [-0.2, -0.15) is 5.10 Å². The molecule has 0 radical (unpaired) electrons. The Hall–Kier alpha value is -6.07. The SMILES string of the molecule is O=C(Nc1ccc(-c2cc(-c3ccc(NC(=O)[C@@H]4CCCN4C(=O)[C@@H](O)c4ccccc4)cc3)[nH]n2)cc1)[C@@H]1CCCN1C(=O)Cc1ccccc1. The number of hydrogen-bond donors (Lipinski definition) is 4. The van der Waals surface area contributed by atoms with E-state index in [4.69, 9.17) is 0 Å². The number of aliphatic hydroxyl groups is 1. The van der Waals surface area contributed by atoms with Crippen molar-refractivity contribution in [3.63, 3.8) is 0 Å². The molecule has 4 aromatic carbocycles. The van der Waals surface area contributed by atoms with Crippen LogP contribution in [0.2, 0.25) is 0 Å². The number of nitrogens with zero attached hydrogens (tertiary/aromatic N) is 3. The van der Waals surface area contributed by atoms with Gasteiger partial charge in [-0.25, -0.2) is 0 Å². The average Bonchev–Trinajstić information content (AvgIpc) is 3.98. The number of nitrogens with one attached hydrogen (secondary N) is 3. The molecular weight excluding hydrogens is 656 g/mol. The number of amides is 4. The molecule has 0 saturated carbocycles. The minimum atomic E-state index is -1.32. The fourth-order valence-electron chi connectivity index (χ4n) is 6.97. The summed E-state index contributed by atoms with van der Waals surface area (Å²) in [5.74, 6) is -1.00. The van der Waals surface area contributed by atoms with Gasteiger partial charge in [0.25, 0.3) is 5.91 Å². The van der Waals surface area contributed by atoms with E-state index in [1.165, 1.54) is 4.90 Å². The number of carbonyl (C=O) groups is 4. The van der Waals surface area contributed by atoms with Crippen LogP contribution in [0.5, 0.6) is 0 Å². The summed E-state index contributed by atoms with van der Waals surface area (Å²) in [4.78, 5) is 55.6. The van der Waals surface area contributed by atoms with Gasteiger partial charge in [-0.15, -0.1) is 0 Å². The molecule has 0 spiro atoms. The lowest BCUT2D eigenvalue weighted by molar-refractivity contribution is -0.144. The number of rotatable bonds is 10. The topological polar surface area (TPSA) is 148 Å². The minimum Gasteiger partial charge on any atom is -0.378 e. The van der Waals surface area contributed by atoms with Crippen LogP contribution >= 0.6 is 0 Å². The van der Waals surface area contributed by atoms with Crippen LogP contribution in [0.4, 0.5) is 11.4 Å². The number of benzene rings is 4. The summed E-state index contributed by atoms with van der Waals surface area (Å²) in [6.07, 6.45) is 1.59. The third-order valence-electron chi connectivity index (χ3n) is 9.75. The largest absolute Gasteiger partial charge is 0.378 e. The van der Waals surface area contributed by atoms with Gasteiger partial charge in [0, 0.05) is 30.0 Å². The molecule has 52 heavy (non-hydrogen) atoms. The van der Waals surface area contributed by atoms with Gasteiger partial charge in [0.05, 0.1) is 17.8 Å². The van der Waals surface area contributed by atoms with Gasteiger partial charge in [0.1, 0.15) is 12.1 Å². The van der Waals surface area contributed by atoms with E-state index >= 15 is 0 Å². The molecule has 4 amide bonds. The van der Waals surface area contributed by atoms with Crippen molar-refractivity contribution in [3.05, 3.63) is 126 Å². The summed E-state index contributed by atoms with van der Waals surface area (Å²) in [6.45, 7) is 0.987. The molecule has 3 atom stereocenters. The number of anilines is 2. The number of aliphatic hydroxyl groups excluding tert-OH is 1. The lowest BCUT2D eigenvalue weighted by Gasteiger charge is -2.26. The highest BCUT2D eigenvalue weighted by atomic mass is 16.3. The molecule has 3 heterocycles. The van der Waals surface area contributed by atoms with Crippen molar-refractivity contribution >= 4 is 35.0 Å². The Labute approximate surface area is 301 Å². The molecule has 11 heteroatoms. The Balaban J connectivity index is 0.933. The standard InChI is InChI=1S/C41H40N6O5/c48-37(25-27-9-3-1-4-10-27)46-23-7-13-35(46)39(50)42-31-19-15-28(16-20-31)33-26-34(45-44-33)29-17-21-32(22-18-29)43-40(51)36-14-8-24-47(36)41(52)38(49)30-11-5-2-6-12-30/h1-6,9-12,15-22,26,35-36,38,49H,7-8,13-14,23-25H2,(H,42,50)(H,43,51)(H,44,45)/t35-,36-,38-/m0/s1. The highest BCUT2D eigenvalue weighted by Crippen LogP contribution is 2.28. The van der Waals surface area contributed by atoms with E-state index in [2.05, 4.69) is 20.8 Å². The van der Waals surface area contributed by atoms with Crippen LogP contribution < -0.4 is 10.6 Å². The summed E-state index contributed by atoms with van der Waals surface area (Å²) in [7, 11) is 0. The molecule has 0 aliphatic carbocycles. The van der Waals surface area contributed by atoms with Crippen LogP contribution in [0.15, 0.2) is 115 Å². The van der Waals surface area contributed by atoms with Crippen LogP contribution in [0.3, 0.4) is 0 Å². The zero-order valence-corrected chi connectivity index (χ0v) is 28.6. The fourth-order valence-corrected chi connectivity index (χ4v) is 6.97. The van der Waals surface area contributed by atoms with Gasteiger partial charge in [0.2, 0.25) is 17.7 Å². The monoisotopic (exact) mass is 696 g/mol. The number of hydrogen-bond acceptors (Lipinski definition) is 6. The van der Waals surface area contributed by atoms with E-state index in [9.17, 15) is 24.3 Å². The first-order valence-corrected chi connectivity index (χ1v) is 17.6. The van der Waals surface area contributed by atoms with Crippen LogP contribution in [0, 0.1) is 0 Å². The molecular formula is C41H40N6O5. The predicted molar refractivity (Wildman–Crippen MR) is 198 cm³/mol. The van der Waals surface area contributed by atoms with E-state index < -0.39 is 24.1 Å². The Kier molecular flexibility index (Phi) is 10.2. The van der Waals surface area contributed by atoms with Crippen LogP contribution in [0.1, 0.15) is 42.9 Å². The maximum Gasteiger partial charge on any atom is 0.256 e. The van der Waals surface area contributed by atoms with Crippen molar-refractivity contribution in [2.24, 2.45) is 0 Å². The number of aromatic amines is 1. The van der Waals surface area contributed by atoms with Gasteiger partial charge in [-0.05, 0) is 72.7 Å². The van der Waals surface area contributed by atoms with Crippen molar-refractivity contribution in [1.82, 2.24) is 20.0 Å². The third kappa shape index (κ3) is 7.64. The molecule has 2 aliphatic rings. The van der Waals surface area contributed by atoms with Gasteiger partial charge < -0.3 is 25.5 Å². The number of carbonyl (C=O) groups excluding carboxylic acids is 4. The molecule has 5 aromatic rings. The zero-order chi connectivity index (χ0) is 36.0. The zero-order valence-electron chi connectivity index (χ0n) is 28.6. The van der Waals surface area contributed by atoms with Crippen molar-refractivity contribution in [1.29, 1.82) is 0 Å². The first-order chi connectivity index (χ1) is 25.3. The molecule has 0 unspecified atom stereocenters. The molecule has 2 fully saturated rings. The van der Waals surface area contributed by atoms with Crippen LogP contribution in [-0.2, 0) is 25.6 Å². The van der Waals surface area contributed by atoms with Gasteiger partial charge in [-0.1, -0.05) is 84.9 Å². The molecule has 2 aliphatic heterocycles. The Bertz CT molecular complexity index is 2030. The van der Waals surface area contributed by atoms with Crippen molar-refractivity contribution < 1.29 is 24.3 Å². The third-order valence-corrected chi connectivity index (χ3v) is 9.75. The molecule has 11 nitrogen and oxygen atoms in total. The molecule has 7 rings (SSSR count). The smallest absolute Gasteiger partial charge is 0.256 e. The van der Waals surface area contributed by atoms with E-state index in [-0.39, 0.29) is 24.1 Å². The highest BCUT2D eigenvalue weighted by molar-refractivity contribution is 5.99. The normalized spacial score (nSPS) is 17.5. The predicted octanol–water partition coefficient (Wildman–Crippen LogP) is 5.58. The summed E-state index contributed by atoms with van der Waals surface area (Å²) in [5, 5.41) is 24.1. The Morgan fingerprint density at radius 3 is 1.87 bits per heavy atom. The van der Waals surface area contributed by atoms with Crippen LogP contribution in [0.25, 0.3) is 22.5 Å². The molecule has 2 saturated heterocycles. The minimum absolute atomic E-state index is 0.0438. The Morgan fingerprint density at radius 2 is 1.25 bits per heavy atom. The molecule has 0 bridgehead atoms. The maximum absolute atomic E-state index is 13.2. The van der Waals surface area contributed by atoms with Gasteiger partial charge in [0.15, 0.2) is 6.10 Å². The quantitative estimate of drug-likeness (QED) is 0.150. The summed E-state index contributed by atoms with van der Waals surface area (Å²) >= 11 is 0. The second-order valence-corrected chi connectivity index (χ2v) is 13.2. The maximum atomic E-state index is 13.2. The van der Waals surface area contributed by atoms with Crippen molar-refractivity contribution in [2.75, 3.05) is 23.7 Å². The van der Waals surface area contributed by atoms with Crippen LogP contribution in [-0.4, -0.2) is 73.9 Å². The van der Waals surface area contributed by atoms with E-state index in [0.717, 1.165) is 34.5 Å². The summed E-state index contributed by atoms with van der Waals surface area (Å²) in [6, 6.07) is 33.8. The number of likely N-dealkylation sites (tertiary alicyclic amines) is 2. The van der Waals surface area contributed by atoms with E-state index in [1.807, 2.05) is 78.9 Å². The van der Waals surface area contributed by atoms with E-state index in [1.54, 1.807) is 41.3 Å². The molecule has 264 valence electrons. The van der Waals surface area contributed by atoms with E-state index in [0.29, 0.717) is 49.3 Å². The molecule has 4 N–H and O–H groups in total. The average molecular weight is 697 g/mol. The summed E-state index contributed by atoms with van der Waals surface area (Å²) in [5.41, 5.74) is 5.90. The first kappa shape index (κ1) is 34.4. The lowest BCUT2D eigenvalue weighted by Crippen LogP contribution is -2.45. The Morgan fingerprint density at radius 1 is 0.712 bits per heavy atom.